The first-order valence-corrected chi connectivity index (χ1v) is 12.4. The van der Waals surface area contributed by atoms with Crippen molar-refractivity contribution in [3.8, 4) is 0 Å². The van der Waals surface area contributed by atoms with Crippen molar-refractivity contribution in [3.63, 3.8) is 0 Å². The number of rotatable bonds is 8. The summed E-state index contributed by atoms with van der Waals surface area (Å²) in [5.41, 5.74) is 3.84. The molecular weight excluding hydrogens is 468 g/mol. The fourth-order valence-corrected chi connectivity index (χ4v) is 4.91. The van der Waals surface area contributed by atoms with E-state index < -0.39 is 6.29 Å². The Morgan fingerprint density at radius 3 is 2.32 bits per heavy atom. The van der Waals surface area contributed by atoms with Gasteiger partial charge in [0.05, 0.1) is 35.6 Å². The van der Waals surface area contributed by atoms with Gasteiger partial charge in [0.1, 0.15) is 0 Å². The molecule has 7 nitrogen and oxygen atoms in total. The summed E-state index contributed by atoms with van der Waals surface area (Å²) in [5, 5.41) is 9.42. The van der Waals surface area contributed by atoms with Crippen molar-refractivity contribution >= 4 is 17.5 Å². The van der Waals surface area contributed by atoms with E-state index in [9.17, 15) is 14.7 Å². The molecule has 0 unspecified atom stereocenters. The fourth-order valence-electron chi connectivity index (χ4n) is 4.91. The van der Waals surface area contributed by atoms with Crippen LogP contribution in [0.2, 0.25) is 0 Å². The van der Waals surface area contributed by atoms with Crippen LogP contribution < -0.4 is 4.90 Å². The van der Waals surface area contributed by atoms with Gasteiger partial charge in [-0.3, -0.25) is 9.59 Å². The fraction of sp³-hybridized carbons (Fsp3) is 0.267. The Bertz CT molecular complexity index is 1270. The first-order valence-electron chi connectivity index (χ1n) is 12.4. The Hall–Kier alpha value is -3.62. The zero-order valence-electron chi connectivity index (χ0n) is 20.7. The molecule has 2 aliphatic rings. The lowest BCUT2D eigenvalue weighted by Crippen LogP contribution is -2.38. The van der Waals surface area contributed by atoms with Crippen LogP contribution in [0, 0.1) is 0 Å². The van der Waals surface area contributed by atoms with Crippen molar-refractivity contribution in [1.82, 2.24) is 4.90 Å². The van der Waals surface area contributed by atoms with E-state index in [2.05, 4.69) is 11.5 Å². The number of carbonyl (C=O) groups excluding carboxylic acids is 2. The van der Waals surface area contributed by atoms with Crippen LogP contribution in [0.4, 0.5) is 5.69 Å². The predicted molar refractivity (Wildman–Crippen MR) is 140 cm³/mol. The van der Waals surface area contributed by atoms with Gasteiger partial charge in [-0.2, -0.15) is 0 Å². The van der Waals surface area contributed by atoms with Gasteiger partial charge in [-0.05, 0) is 42.4 Å². The number of carbonyl (C=O) groups is 2. The molecule has 1 fully saturated rings. The van der Waals surface area contributed by atoms with Crippen molar-refractivity contribution in [2.75, 3.05) is 25.0 Å². The summed E-state index contributed by atoms with van der Waals surface area (Å²) in [6.45, 7) is 5.23. The minimum absolute atomic E-state index is 0.0168. The Labute approximate surface area is 216 Å². The molecule has 2 heterocycles. The van der Waals surface area contributed by atoms with E-state index >= 15 is 0 Å². The highest BCUT2D eigenvalue weighted by Gasteiger charge is 2.37. The lowest BCUT2D eigenvalue weighted by Gasteiger charge is -2.38. The molecule has 0 radical (unpaired) electrons. The minimum atomic E-state index is -0.687. The number of aliphatic hydroxyl groups is 1. The number of nitrogens with zero attached hydrogens (tertiary/aromatic N) is 2. The maximum atomic E-state index is 13.0. The van der Waals surface area contributed by atoms with Crippen LogP contribution in [0.25, 0.3) is 0 Å². The summed E-state index contributed by atoms with van der Waals surface area (Å²) in [7, 11) is 2.02. The topological polar surface area (TPSA) is 79.3 Å². The second-order valence-electron chi connectivity index (χ2n) is 9.45. The molecular formula is C30H30N2O5. The SMILES string of the molecule is C=CCN(C)C[C@H]1C[C@@H](c2ccc(CO)cc2)O[C@@H](c2cccc(N3C(=O)c4ccccc4C3=O)c2)O1. The Kier molecular flexibility index (Phi) is 7.30. The number of fused-ring (bicyclic) bond motifs is 1. The molecule has 3 aromatic carbocycles. The summed E-state index contributed by atoms with van der Waals surface area (Å²) >= 11 is 0. The quantitative estimate of drug-likeness (QED) is 0.360. The molecule has 1 N–H and O–H groups in total. The summed E-state index contributed by atoms with van der Waals surface area (Å²) in [6, 6.07) is 21.8. The first-order chi connectivity index (χ1) is 18.0. The number of imide groups is 1. The third-order valence-corrected chi connectivity index (χ3v) is 6.77. The molecule has 2 amide bonds. The van der Waals surface area contributed by atoms with Crippen molar-refractivity contribution in [2.24, 2.45) is 0 Å². The molecule has 0 bridgehead atoms. The van der Waals surface area contributed by atoms with E-state index in [0.717, 1.165) is 23.2 Å². The number of ether oxygens (including phenoxy) is 2. The zero-order valence-corrected chi connectivity index (χ0v) is 20.7. The van der Waals surface area contributed by atoms with Crippen LogP contribution in [-0.2, 0) is 16.1 Å². The Morgan fingerprint density at radius 2 is 1.68 bits per heavy atom. The van der Waals surface area contributed by atoms with Crippen LogP contribution in [0.1, 0.15) is 56.2 Å². The van der Waals surface area contributed by atoms with Crippen LogP contribution in [0.5, 0.6) is 0 Å². The Balaban J connectivity index is 1.43. The van der Waals surface area contributed by atoms with Gasteiger partial charge in [0.2, 0.25) is 0 Å². The molecule has 0 spiro atoms. The average molecular weight is 499 g/mol. The normalized spacial score (nSPS) is 21.4. The molecule has 0 aliphatic carbocycles. The number of amides is 2. The standard InChI is InChI=1S/C30H30N2O5/c1-3-15-31(2)18-24-17-27(21-13-11-20(19-33)12-14-21)37-30(36-24)22-7-6-8-23(16-22)32-28(34)25-9-4-5-10-26(25)29(32)35/h3-14,16,24,27,30,33H,1,15,17-19H2,2H3/t24-,27+,30+/m1/s1. The van der Waals surface area contributed by atoms with Gasteiger partial charge in [0, 0.05) is 25.1 Å². The minimum Gasteiger partial charge on any atom is -0.392 e. The van der Waals surface area contributed by atoms with Crippen LogP contribution in [0.15, 0.2) is 85.5 Å². The van der Waals surface area contributed by atoms with Crippen molar-refractivity contribution < 1.29 is 24.2 Å². The first kappa shape index (κ1) is 25.0. The van der Waals surface area contributed by atoms with E-state index in [4.69, 9.17) is 9.47 Å². The molecule has 2 aliphatic heterocycles. The van der Waals surface area contributed by atoms with Gasteiger partial charge in [-0.1, -0.05) is 54.6 Å². The van der Waals surface area contributed by atoms with Gasteiger partial charge in [0.25, 0.3) is 11.8 Å². The van der Waals surface area contributed by atoms with E-state index in [0.29, 0.717) is 29.8 Å². The molecule has 0 aromatic heterocycles. The highest BCUT2D eigenvalue weighted by Crippen LogP contribution is 2.39. The predicted octanol–water partition coefficient (Wildman–Crippen LogP) is 4.64. The number of anilines is 1. The zero-order chi connectivity index (χ0) is 25.9. The highest BCUT2D eigenvalue weighted by molar-refractivity contribution is 6.34. The molecule has 3 aromatic rings. The second kappa shape index (κ2) is 10.8. The molecule has 5 rings (SSSR count). The monoisotopic (exact) mass is 498 g/mol. The Morgan fingerprint density at radius 1 is 0.973 bits per heavy atom. The summed E-state index contributed by atoms with van der Waals surface area (Å²) in [5.74, 6) is -0.678. The lowest BCUT2D eigenvalue weighted by molar-refractivity contribution is -0.252. The third-order valence-electron chi connectivity index (χ3n) is 6.77. The number of hydrogen-bond acceptors (Lipinski definition) is 6. The highest BCUT2D eigenvalue weighted by atomic mass is 16.7. The molecule has 3 atom stereocenters. The largest absolute Gasteiger partial charge is 0.392 e. The maximum absolute atomic E-state index is 13.0. The van der Waals surface area contributed by atoms with Crippen molar-refractivity contribution in [1.29, 1.82) is 0 Å². The van der Waals surface area contributed by atoms with E-state index in [1.807, 2.05) is 43.5 Å². The lowest BCUT2D eigenvalue weighted by atomic mass is 9.99. The molecule has 0 saturated carbocycles. The van der Waals surface area contributed by atoms with E-state index in [-0.39, 0.29) is 30.6 Å². The summed E-state index contributed by atoms with van der Waals surface area (Å²) < 4.78 is 12.8. The summed E-state index contributed by atoms with van der Waals surface area (Å²) in [4.78, 5) is 29.4. The second-order valence-corrected chi connectivity index (χ2v) is 9.45. The molecule has 1 saturated heterocycles. The molecule has 190 valence electrons. The molecule has 7 heteroatoms. The van der Waals surface area contributed by atoms with Gasteiger partial charge in [0.15, 0.2) is 6.29 Å². The maximum Gasteiger partial charge on any atom is 0.266 e. The van der Waals surface area contributed by atoms with Gasteiger partial charge in [-0.25, -0.2) is 4.90 Å². The van der Waals surface area contributed by atoms with Crippen molar-refractivity contribution in [3.05, 3.63) is 113 Å². The van der Waals surface area contributed by atoms with Crippen molar-refractivity contribution in [2.45, 2.75) is 31.5 Å². The van der Waals surface area contributed by atoms with Crippen LogP contribution in [0.3, 0.4) is 0 Å². The average Bonchev–Trinajstić information content (AvgIpc) is 3.18. The van der Waals surface area contributed by atoms with E-state index in [1.54, 1.807) is 42.5 Å². The number of likely N-dealkylation sites (N-methyl/N-ethyl adjacent to an activating group) is 1. The van der Waals surface area contributed by atoms with E-state index in [1.165, 1.54) is 4.90 Å². The number of hydrogen-bond donors (Lipinski definition) is 1. The van der Waals surface area contributed by atoms with Gasteiger partial charge < -0.3 is 19.5 Å². The van der Waals surface area contributed by atoms with Gasteiger partial charge in [-0.15, -0.1) is 6.58 Å². The molecule has 37 heavy (non-hydrogen) atoms. The smallest absolute Gasteiger partial charge is 0.266 e. The van der Waals surface area contributed by atoms with Gasteiger partial charge >= 0.3 is 0 Å². The number of aliphatic hydroxyl groups excluding tert-OH is 1. The van der Waals surface area contributed by atoms with Crippen LogP contribution in [-0.4, -0.2) is 48.1 Å². The number of benzene rings is 3. The van der Waals surface area contributed by atoms with Crippen LogP contribution >= 0.6 is 0 Å². The summed E-state index contributed by atoms with van der Waals surface area (Å²) in [6.07, 6.45) is 1.49. The third kappa shape index (κ3) is 5.12.